The molecule has 0 saturated carbocycles. The molecule has 0 bridgehead atoms. The third-order valence-electron chi connectivity index (χ3n) is 4.76. The van der Waals surface area contributed by atoms with Gasteiger partial charge in [0.1, 0.15) is 11.5 Å². The average molecular weight is 394 g/mol. The molecule has 1 atom stereocenters. The number of hydrogen-bond donors (Lipinski definition) is 1. The van der Waals surface area contributed by atoms with Crippen molar-refractivity contribution in [2.75, 3.05) is 18.5 Å². The topological polar surface area (TPSA) is 123 Å². The monoisotopic (exact) mass is 394 g/mol. The number of aromatic nitrogens is 3. The second-order valence-electron chi connectivity index (χ2n) is 6.71. The van der Waals surface area contributed by atoms with Gasteiger partial charge in [-0.15, -0.1) is 10.2 Å². The summed E-state index contributed by atoms with van der Waals surface area (Å²) in [5.41, 5.74) is 0.109. The molecule has 1 aromatic heterocycles. The number of benzene rings is 1. The summed E-state index contributed by atoms with van der Waals surface area (Å²) in [6.07, 6.45) is 0. The van der Waals surface area contributed by atoms with Crippen molar-refractivity contribution in [3.05, 3.63) is 40.0 Å². The van der Waals surface area contributed by atoms with E-state index in [1.54, 1.807) is 0 Å². The fourth-order valence-electron chi connectivity index (χ4n) is 3.34. The third kappa shape index (κ3) is 3.28. The fourth-order valence-corrected chi connectivity index (χ4v) is 4.09. The van der Waals surface area contributed by atoms with Crippen LogP contribution in [0.2, 0.25) is 0 Å². The highest BCUT2D eigenvalue weighted by Gasteiger charge is 2.33. The van der Waals surface area contributed by atoms with Gasteiger partial charge in [0.25, 0.3) is 5.69 Å². The molecule has 0 fully saturated rings. The van der Waals surface area contributed by atoms with Crippen LogP contribution in [0.25, 0.3) is 0 Å². The molecule has 1 unspecified atom stereocenters. The molecule has 11 heteroatoms. The number of anilines is 1. The van der Waals surface area contributed by atoms with E-state index in [9.17, 15) is 18.5 Å². The zero-order valence-corrected chi connectivity index (χ0v) is 16.4. The van der Waals surface area contributed by atoms with Crippen LogP contribution in [0.4, 0.5) is 11.4 Å². The van der Waals surface area contributed by atoms with E-state index in [1.807, 2.05) is 25.7 Å². The molecular formula is C16H22N6O4S. The second-order valence-corrected chi connectivity index (χ2v) is 8.59. The summed E-state index contributed by atoms with van der Waals surface area (Å²) in [6, 6.07) is 3.71. The van der Waals surface area contributed by atoms with Crippen molar-refractivity contribution in [2.45, 2.75) is 44.2 Å². The quantitative estimate of drug-likeness (QED) is 0.606. The lowest BCUT2D eigenvalue weighted by atomic mass is 10.1. The lowest BCUT2D eigenvalue weighted by Gasteiger charge is -2.35. The van der Waals surface area contributed by atoms with E-state index in [1.165, 1.54) is 19.2 Å². The largest absolute Gasteiger partial charge is 0.354 e. The third-order valence-corrected chi connectivity index (χ3v) is 6.17. The van der Waals surface area contributed by atoms with Crippen LogP contribution in [0.15, 0.2) is 23.1 Å². The fraction of sp³-hybridized carbons (Fsp3) is 0.500. The van der Waals surface area contributed by atoms with Gasteiger partial charge in [-0.2, -0.15) is 0 Å². The van der Waals surface area contributed by atoms with Crippen molar-refractivity contribution < 1.29 is 13.3 Å². The number of nitrogens with zero attached hydrogens (tertiary/aromatic N) is 5. The molecule has 146 valence electrons. The minimum Gasteiger partial charge on any atom is -0.354 e. The van der Waals surface area contributed by atoms with Gasteiger partial charge in [0, 0.05) is 25.1 Å². The summed E-state index contributed by atoms with van der Waals surface area (Å²) in [4.78, 5) is 12.8. The first kappa shape index (κ1) is 19.2. The van der Waals surface area contributed by atoms with Crippen molar-refractivity contribution >= 4 is 21.4 Å². The molecule has 1 aliphatic heterocycles. The molecular weight excluding hydrogens is 372 g/mol. The predicted octanol–water partition coefficient (Wildman–Crippen LogP) is 1.80. The highest BCUT2D eigenvalue weighted by Crippen LogP contribution is 2.37. The zero-order chi connectivity index (χ0) is 19.9. The Morgan fingerprint density at radius 1 is 1.30 bits per heavy atom. The van der Waals surface area contributed by atoms with Crippen LogP contribution in [-0.4, -0.2) is 41.7 Å². The Balaban J connectivity index is 2.05. The summed E-state index contributed by atoms with van der Waals surface area (Å²) < 4.78 is 28.2. The number of hydrogen-bond acceptors (Lipinski definition) is 7. The summed E-state index contributed by atoms with van der Waals surface area (Å²) in [5, 5.41) is 20.1. The molecule has 2 heterocycles. The Kier molecular flexibility index (Phi) is 4.91. The number of nitro groups is 1. The average Bonchev–Trinajstić information content (AvgIpc) is 3.07. The van der Waals surface area contributed by atoms with Crippen molar-refractivity contribution in [1.29, 1.82) is 0 Å². The maximum atomic E-state index is 12.0. The van der Waals surface area contributed by atoms with Gasteiger partial charge in [0.15, 0.2) is 5.82 Å². The zero-order valence-electron chi connectivity index (χ0n) is 15.6. The Labute approximate surface area is 157 Å². The Morgan fingerprint density at radius 3 is 2.59 bits per heavy atom. The van der Waals surface area contributed by atoms with Gasteiger partial charge in [0.05, 0.1) is 15.9 Å². The standard InChI is InChI=1S/C16H22N6O4S/c1-10(2)15-18-19-16-11(3)20(7-8-21(15)16)13-6-5-12(27(25,26)17-4)9-14(13)22(23)24/h5-6,9-11,17H,7-8H2,1-4H3. The molecule has 0 spiro atoms. The Bertz CT molecular complexity index is 985. The van der Waals surface area contributed by atoms with Crippen LogP contribution in [0.1, 0.15) is 44.4 Å². The smallest absolute Gasteiger partial charge is 0.293 e. The van der Waals surface area contributed by atoms with Gasteiger partial charge in [0.2, 0.25) is 10.0 Å². The van der Waals surface area contributed by atoms with E-state index < -0.39 is 14.9 Å². The molecule has 2 aromatic rings. The minimum atomic E-state index is -3.77. The van der Waals surface area contributed by atoms with Crippen LogP contribution in [0.5, 0.6) is 0 Å². The number of nitrogens with one attached hydrogen (secondary N) is 1. The summed E-state index contributed by atoms with van der Waals surface area (Å²) >= 11 is 0. The van der Waals surface area contributed by atoms with E-state index in [-0.39, 0.29) is 22.5 Å². The van der Waals surface area contributed by atoms with E-state index in [0.29, 0.717) is 18.8 Å². The van der Waals surface area contributed by atoms with Gasteiger partial charge >= 0.3 is 0 Å². The molecule has 1 N–H and O–H groups in total. The Morgan fingerprint density at radius 2 is 2.00 bits per heavy atom. The van der Waals surface area contributed by atoms with E-state index in [4.69, 9.17) is 0 Å². The van der Waals surface area contributed by atoms with Crippen molar-refractivity contribution in [1.82, 2.24) is 19.5 Å². The van der Waals surface area contributed by atoms with Crippen LogP contribution in [0, 0.1) is 10.1 Å². The summed E-state index contributed by atoms with van der Waals surface area (Å²) in [6.45, 7) is 7.13. The van der Waals surface area contributed by atoms with E-state index in [2.05, 4.69) is 19.5 Å². The van der Waals surface area contributed by atoms with Crippen molar-refractivity contribution in [2.24, 2.45) is 0 Å². The highest BCUT2D eigenvalue weighted by atomic mass is 32.2. The van der Waals surface area contributed by atoms with E-state index in [0.717, 1.165) is 17.7 Å². The van der Waals surface area contributed by atoms with Crippen LogP contribution < -0.4 is 9.62 Å². The molecule has 0 saturated heterocycles. The van der Waals surface area contributed by atoms with Crippen LogP contribution in [-0.2, 0) is 16.6 Å². The highest BCUT2D eigenvalue weighted by molar-refractivity contribution is 7.89. The van der Waals surface area contributed by atoms with Gasteiger partial charge in [-0.3, -0.25) is 10.1 Å². The SMILES string of the molecule is CNS(=O)(=O)c1ccc(N2CCn3c(C(C)C)nnc3C2C)c([N+](=O)[O-])c1. The molecule has 1 aromatic carbocycles. The summed E-state index contributed by atoms with van der Waals surface area (Å²) in [7, 11) is -2.50. The first-order valence-electron chi connectivity index (χ1n) is 8.59. The van der Waals surface area contributed by atoms with Gasteiger partial charge in [-0.05, 0) is 26.1 Å². The van der Waals surface area contributed by atoms with Gasteiger partial charge in [-0.1, -0.05) is 13.8 Å². The molecule has 1 aliphatic rings. The number of fused-ring (bicyclic) bond motifs is 1. The second kappa shape index (κ2) is 6.89. The van der Waals surface area contributed by atoms with Crippen molar-refractivity contribution in [3.63, 3.8) is 0 Å². The molecule has 3 rings (SSSR count). The van der Waals surface area contributed by atoms with E-state index >= 15 is 0 Å². The maximum Gasteiger partial charge on any atom is 0.293 e. The van der Waals surface area contributed by atoms with Crippen LogP contribution in [0.3, 0.4) is 0 Å². The lowest BCUT2D eigenvalue weighted by molar-refractivity contribution is -0.384. The normalized spacial score (nSPS) is 17.2. The predicted molar refractivity (Wildman–Crippen MR) is 99.2 cm³/mol. The first-order chi connectivity index (χ1) is 12.7. The Hall–Kier alpha value is -2.53. The van der Waals surface area contributed by atoms with Crippen molar-refractivity contribution in [3.8, 4) is 0 Å². The molecule has 0 aliphatic carbocycles. The minimum absolute atomic E-state index is 0.143. The molecule has 10 nitrogen and oxygen atoms in total. The first-order valence-corrected chi connectivity index (χ1v) is 10.1. The number of nitro benzene ring substituents is 1. The number of rotatable bonds is 5. The lowest BCUT2D eigenvalue weighted by Crippen LogP contribution is -2.38. The van der Waals surface area contributed by atoms with Gasteiger partial charge in [-0.25, -0.2) is 13.1 Å². The van der Waals surface area contributed by atoms with Gasteiger partial charge < -0.3 is 9.47 Å². The summed E-state index contributed by atoms with van der Waals surface area (Å²) in [5.74, 6) is 1.86. The maximum absolute atomic E-state index is 12.0. The number of sulfonamides is 1. The molecule has 0 radical (unpaired) electrons. The molecule has 27 heavy (non-hydrogen) atoms. The van der Waals surface area contributed by atoms with Crippen LogP contribution >= 0.6 is 0 Å². The molecule has 0 amide bonds.